The third-order valence-corrected chi connectivity index (χ3v) is 7.14. The fraction of sp³-hybridized carbons (Fsp3) is 0.316. The van der Waals surface area contributed by atoms with Gasteiger partial charge in [0.25, 0.3) is 5.69 Å². The van der Waals surface area contributed by atoms with Crippen LogP contribution in [0.1, 0.15) is 29.1 Å². The molecular weight excluding hydrogens is 432 g/mol. The summed E-state index contributed by atoms with van der Waals surface area (Å²) in [7, 11) is 0. The van der Waals surface area contributed by atoms with Crippen molar-refractivity contribution < 1.29 is 9.72 Å². The second kappa shape index (κ2) is 8.25. The van der Waals surface area contributed by atoms with Crippen molar-refractivity contribution in [1.29, 1.82) is 0 Å². The van der Waals surface area contributed by atoms with E-state index in [4.69, 9.17) is 11.6 Å². The molecule has 0 atom stereocenters. The van der Waals surface area contributed by atoms with Gasteiger partial charge < -0.3 is 5.32 Å². The molecule has 1 N–H and O–H groups in total. The highest BCUT2D eigenvalue weighted by atomic mass is 35.5. The first-order chi connectivity index (χ1) is 13.9. The number of aryl methyl sites for hydroxylation is 3. The molecule has 0 radical (unpaired) electrons. The summed E-state index contributed by atoms with van der Waals surface area (Å²) in [5, 5.41) is 15.6. The minimum absolute atomic E-state index is 0.122. The van der Waals surface area contributed by atoms with Gasteiger partial charge in [0.05, 0.1) is 21.4 Å². The van der Waals surface area contributed by atoms with Crippen LogP contribution in [0.3, 0.4) is 0 Å². The average Bonchev–Trinajstić information content (AvgIpc) is 3.05. The normalized spacial score (nSPS) is 13.3. The molecule has 1 aromatic carbocycles. The predicted molar refractivity (Wildman–Crippen MR) is 116 cm³/mol. The van der Waals surface area contributed by atoms with Crippen LogP contribution in [-0.4, -0.2) is 26.6 Å². The SMILES string of the molecule is Cc1nc(SCC(=O)Nc2ccc([N+](=O)[O-])cc2Cl)c2c3c(sc2n1)CCCC3. The first-order valence-electron chi connectivity index (χ1n) is 9.08. The van der Waals surface area contributed by atoms with Gasteiger partial charge in [0, 0.05) is 22.4 Å². The monoisotopic (exact) mass is 448 g/mol. The van der Waals surface area contributed by atoms with Crippen molar-refractivity contribution in [2.45, 2.75) is 37.6 Å². The number of fused-ring (bicyclic) bond motifs is 3. The largest absolute Gasteiger partial charge is 0.324 e. The summed E-state index contributed by atoms with van der Waals surface area (Å²) in [6.45, 7) is 1.86. The maximum absolute atomic E-state index is 12.4. The number of thiophene rings is 1. The van der Waals surface area contributed by atoms with E-state index in [1.807, 2.05) is 6.92 Å². The summed E-state index contributed by atoms with van der Waals surface area (Å²) in [6, 6.07) is 3.97. The number of amides is 1. The van der Waals surface area contributed by atoms with Crippen molar-refractivity contribution in [3.8, 4) is 0 Å². The molecule has 10 heteroatoms. The van der Waals surface area contributed by atoms with Crippen LogP contribution in [0, 0.1) is 17.0 Å². The van der Waals surface area contributed by atoms with Crippen LogP contribution in [0.2, 0.25) is 5.02 Å². The molecule has 4 rings (SSSR count). The van der Waals surface area contributed by atoms with Crippen LogP contribution in [0.15, 0.2) is 23.2 Å². The first-order valence-corrected chi connectivity index (χ1v) is 11.3. The molecule has 0 saturated heterocycles. The van der Waals surface area contributed by atoms with E-state index in [0.29, 0.717) is 11.5 Å². The van der Waals surface area contributed by atoms with Gasteiger partial charge in [0.2, 0.25) is 5.91 Å². The fourth-order valence-corrected chi connectivity index (χ4v) is 5.86. The zero-order valence-electron chi connectivity index (χ0n) is 15.5. The number of nitrogens with zero attached hydrogens (tertiary/aromatic N) is 3. The van der Waals surface area contributed by atoms with Gasteiger partial charge in [-0.2, -0.15) is 0 Å². The number of carbonyl (C=O) groups is 1. The van der Waals surface area contributed by atoms with Crippen molar-refractivity contribution in [3.63, 3.8) is 0 Å². The van der Waals surface area contributed by atoms with Crippen LogP contribution in [0.5, 0.6) is 0 Å². The topological polar surface area (TPSA) is 98.0 Å². The van der Waals surface area contributed by atoms with E-state index in [-0.39, 0.29) is 22.4 Å². The molecule has 29 heavy (non-hydrogen) atoms. The molecule has 150 valence electrons. The van der Waals surface area contributed by atoms with Crippen molar-refractivity contribution >= 4 is 62.2 Å². The van der Waals surface area contributed by atoms with Gasteiger partial charge in [-0.05, 0) is 44.2 Å². The number of hydrogen-bond donors (Lipinski definition) is 1. The zero-order chi connectivity index (χ0) is 20.5. The minimum atomic E-state index is -0.530. The van der Waals surface area contributed by atoms with E-state index >= 15 is 0 Å². The molecule has 1 amide bonds. The number of nitro groups is 1. The number of non-ortho nitro benzene ring substituents is 1. The molecule has 3 aromatic rings. The van der Waals surface area contributed by atoms with Crippen molar-refractivity contribution in [2.24, 2.45) is 0 Å². The van der Waals surface area contributed by atoms with Gasteiger partial charge in [-0.25, -0.2) is 9.97 Å². The Bertz CT molecular complexity index is 1130. The number of carbonyl (C=O) groups excluding carboxylic acids is 1. The van der Waals surface area contributed by atoms with Crippen LogP contribution in [-0.2, 0) is 17.6 Å². The summed E-state index contributed by atoms with van der Waals surface area (Å²) in [5.74, 6) is 0.598. The smallest absolute Gasteiger partial charge is 0.271 e. The number of rotatable bonds is 5. The Morgan fingerprint density at radius 3 is 2.90 bits per heavy atom. The molecular formula is C19H17ClN4O3S2. The highest BCUT2D eigenvalue weighted by molar-refractivity contribution is 8.00. The number of nitro benzene ring substituents is 1. The molecule has 0 unspecified atom stereocenters. The summed E-state index contributed by atoms with van der Waals surface area (Å²) in [5.41, 5.74) is 1.56. The summed E-state index contributed by atoms with van der Waals surface area (Å²) >= 11 is 9.16. The minimum Gasteiger partial charge on any atom is -0.324 e. The number of benzene rings is 1. The highest BCUT2D eigenvalue weighted by Gasteiger charge is 2.21. The van der Waals surface area contributed by atoms with Gasteiger partial charge in [0.15, 0.2) is 0 Å². The van der Waals surface area contributed by atoms with E-state index in [0.717, 1.165) is 34.5 Å². The maximum Gasteiger partial charge on any atom is 0.271 e. The Kier molecular flexibility index (Phi) is 5.71. The van der Waals surface area contributed by atoms with Crippen LogP contribution in [0.4, 0.5) is 11.4 Å². The lowest BCUT2D eigenvalue weighted by molar-refractivity contribution is -0.384. The Morgan fingerprint density at radius 2 is 2.14 bits per heavy atom. The Morgan fingerprint density at radius 1 is 1.34 bits per heavy atom. The standard InChI is InChI=1S/C19H17ClN4O3S2/c1-10-21-18(17-12-4-2-3-5-15(12)29-19(17)22-10)28-9-16(25)23-14-7-6-11(24(26)27)8-13(14)20/h6-8H,2-5,9H2,1H3,(H,23,25). The number of anilines is 1. The summed E-state index contributed by atoms with van der Waals surface area (Å²) < 4.78 is 0. The fourth-order valence-electron chi connectivity index (χ4n) is 3.37. The summed E-state index contributed by atoms with van der Waals surface area (Å²) in [6.07, 6.45) is 4.47. The maximum atomic E-state index is 12.4. The lowest BCUT2D eigenvalue weighted by atomic mass is 9.97. The lowest BCUT2D eigenvalue weighted by Crippen LogP contribution is -2.14. The molecule has 1 aliphatic rings. The van der Waals surface area contributed by atoms with Crippen molar-refractivity contribution in [3.05, 3.63) is 49.6 Å². The molecule has 2 aromatic heterocycles. The van der Waals surface area contributed by atoms with E-state index in [2.05, 4.69) is 15.3 Å². The van der Waals surface area contributed by atoms with Gasteiger partial charge in [-0.1, -0.05) is 23.4 Å². The lowest BCUT2D eigenvalue weighted by Gasteiger charge is -2.12. The number of halogens is 1. The molecule has 0 spiro atoms. The molecule has 0 saturated carbocycles. The Labute approximate surface area is 180 Å². The van der Waals surface area contributed by atoms with Crippen LogP contribution >= 0.6 is 34.7 Å². The summed E-state index contributed by atoms with van der Waals surface area (Å²) in [4.78, 5) is 34.3. The van der Waals surface area contributed by atoms with Crippen LogP contribution in [0.25, 0.3) is 10.2 Å². The van der Waals surface area contributed by atoms with E-state index < -0.39 is 4.92 Å². The second-order valence-electron chi connectivity index (χ2n) is 6.73. The third kappa shape index (κ3) is 4.22. The van der Waals surface area contributed by atoms with Gasteiger partial charge in [-0.15, -0.1) is 11.3 Å². The molecule has 1 aliphatic carbocycles. The van der Waals surface area contributed by atoms with E-state index in [1.54, 1.807) is 11.3 Å². The number of thioether (sulfide) groups is 1. The van der Waals surface area contributed by atoms with Crippen molar-refractivity contribution in [2.75, 3.05) is 11.1 Å². The van der Waals surface area contributed by atoms with Crippen LogP contribution < -0.4 is 5.32 Å². The second-order valence-corrected chi connectivity index (χ2v) is 9.18. The van der Waals surface area contributed by atoms with Gasteiger partial charge >= 0.3 is 0 Å². The third-order valence-electron chi connectivity index (χ3n) is 4.67. The molecule has 2 heterocycles. The van der Waals surface area contributed by atoms with Crippen molar-refractivity contribution in [1.82, 2.24) is 9.97 Å². The highest BCUT2D eigenvalue weighted by Crippen LogP contribution is 2.39. The van der Waals surface area contributed by atoms with E-state index in [9.17, 15) is 14.9 Å². The Balaban J connectivity index is 1.52. The molecule has 7 nitrogen and oxygen atoms in total. The number of aromatic nitrogens is 2. The number of nitrogens with one attached hydrogen (secondary N) is 1. The zero-order valence-corrected chi connectivity index (χ0v) is 17.9. The quantitative estimate of drug-likeness (QED) is 0.250. The average molecular weight is 449 g/mol. The van der Waals surface area contributed by atoms with Gasteiger partial charge in [-0.3, -0.25) is 14.9 Å². The first kappa shape index (κ1) is 20.1. The molecule has 0 bridgehead atoms. The molecule has 0 aliphatic heterocycles. The Hall–Kier alpha value is -2.23. The predicted octanol–water partition coefficient (Wildman–Crippen LogP) is 5.17. The number of hydrogen-bond acceptors (Lipinski definition) is 7. The van der Waals surface area contributed by atoms with Gasteiger partial charge in [0.1, 0.15) is 15.7 Å². The molecule has 0 fully saturated rings. The van der Waals surface area contributed by atoms with E-state index in [1.165, 1.54) is 46.8 Å².